The summed E-state index contributed by atoms with van der Waals surface area (Å²) in [6.45, 7) is 6.56. The minimum atomic E-state index is -1.48. The molecule has 0 aromatic carbocycles. The summed E-state index contributed by atoms with van der Waals surface area (Å²) in [6.07, 6.45) is -4.50. The Hall–Kier alpha value is -1.42. The summed E-state index contributed by atoms with van der Waals surface area (Å²) in [4.78, 5) is 24.7. The number of hydrogen-bond donors (Lipinski definition) is 6. The molecule has 4 fully saturated rings. The maximum absolute atomic E-state index is 12.4. The quantitative estimate of drug-likeness (QED) is 0.191. The number of aliphatic hydroxyl groups is 4. The zero-order valence-electron chi connectivity index (χ0n) is 26.3. The van der Waals surface area contributed by atoms with E-state index in [1.165, 1.54) is 6.92 Å². The highest BCUT2D eigenvalue weighted by Gasteiger charge is 2.50. The van der Waals surface area contributed by atoms with Crippen LogP contribution in [0.2, 0.25) is 0 Å². The number of rotatable bonds is 11. The Morgan fingerprint density at radius 2 is 1.48 bits per heavy atom. The molecule has 2 saturated carbocycles. The van der Waals surface area contributed by atoms with E-state index in [9.17, 15) is 35.1 Å². The molecular formula is C31H53NO12. The molecule has 0 radical (unpaired) electrons. The lowest BCUT2D eigenvalue weighted by Crippen LogP contribution is -2.66. The maximum Gasteiger partial charge on any atom is 0.332 e. The second kappa shape index (κ2) is 15.9. The van der Waals surface area contributed by atoms with Gasteiger partial charge in [-0.3, -0.25) is 4.79 Å². The summed E-state index contributed by atoms with van der Waals surface area (Å²) < 4.78 is 30.8. The molecule has 2 aliphatic heterocycles. The van der Waals surface area contributed by atoms with E-state index < -0.39 is 91.5 Å². The fraction of sp³-hybridized carbons (Fsp3) is 0.935. The van der Waals surface area contributed by atoms with Gasteiger partial charge in [0, 0.05) is 6.92 Å². The largest absolute Gasteiger partial charge is 0.479 e. The summed E-state index contributed by atoms with van der Waals surface area (Å²) in [5, 5.41) is 55.1. The van der Waals surface area contributed by atoms with Crippen LogP contribution in [0.4, 0.5) is 0 Å². The van der Waals surface area contributed by atoms with Gasteiger partial charge in [0.25, 0.3) is 0 Å². The minimum absolute atomic E-state index is 0.00796. The number of amides is 1. The summed E-state index contributed by atoms with van der Waals surface area (Å²) in [6, 6.07) is -1.02. The number of carboxylic acid groups (broad SMARTS) is 1. The van der Waals surface area contributed by atoms with Crippen LogP contribution in [-0.4, -0.2) is 117 Å². The highest BCUT2D eigenvalue weighted by atomic mass is 16.7. The number of carboxylic acids is 1. The van der Waals surface area contributed by atoms with Crippen molar-refractivity contribution >= 4 is 11.9 Å². The van der Waals surface area contributed by atoms with Crippen molar-refractivity contribution in [2.24, 2.45) is 11.8 Å². The minimum Gasteiger partial charge on any atom is -0.479 e. The second-order valence-electron chi connectivity index (χ2n) is 13.1. The number of carbonyl (C=O) groups is 2. The molecule has 0 bridgehead atoms. The summed E-state index contributed by atoms with van der Waals surface area (Å²) in [7, 11) is 0. The summed E-state index contributed by atoms with van der Waals surface area (Å²) in [5.74, 6) is -1.34. The van der Waals surface area contributed by atoms with E-state index in [-0.39, 0.29) is 11.8 Å². The molecule has 6 N–H and O–H groups in total. The van der Waals surface area contributed by atoms with Gasteiger partial charge in [0.2, 0.25) is 5.91 Å². The Kier molecular flexibility index (Phi) is 12.8. The predicted octanol–water partition coefficient (Wildman–Crippen LogP) is 1.21. The average Bonchev–Trinajstić information content (AvgIpc) is 2.99. The second-order valence-corrected chi connectivity index (χ2v) is 13.1. The van der Waals surface area contributed by atoms with Gasteiger partial charge in [0.15, 0.2) is 18.7 Å². The molecule has 254 valence electrons. The number of carbonyl (C=O) groups excluding carboxylic acids is 1. The van der Waals surface area contributed by atoms with Crippen LogP contribution in [0.15, 0.2) is 0 Å². The van der Waals surface area contributed by atoms with Gasteiger partial charge in [-0.15, -0.1) is 0 Å². The highest BCUT2D eigenvalue weighted by Crippen LogP contribution is 2.37. The van der Waals surface area contributed by atoms with Crippen molar-refractivity contribution < 1.29 is 58.8 Å². The van der Waals surface area contributed by atoms with Crippen LogP contribution in [-0.2, 0) is 33.3 Å². The molecule has 0 spiro atoms. The van der Waals surface area contributed by atoms with Gasteiger partial charge in [0.05, 0.1) is 24.4 Å². The zero-order chi connectivity index (χ0) is 32.1. The van der Waals surface area contributed by atoms with Gasteiger partial charge in [-0.25, -0.2) is 4.79 Å². The van der Waals surface area contributed by atoms with Gasteiger partial charge < -0.3 is 54.5 Å². The van der Waals surface area contributed by atoms with E-state index in [0.717, 1.165) is 51.4 Å². The number of aliphatic carboxylic acids is 1. The normalized spacial score (nSPS) is 42.9. The van der Waals surface area contributed by atoms with E-state index in [1.807, 2.05) is 6.92 Å². The van der Waals surface area contributed by atoms with Gasteiger partial charge in [0.1, 0.15) is 36.6 Å². The first-order valence-corrected chi connectivity index (χ1v) is 16.4. The molecular weight excluding hydrogens is 578 g/mol. The Labute approximate surface area is 259 Å². The molecule has 2 aliphatic carbocycles. The van der Waals surface area contributed by atoms with E-state index in [0.29, 0.717) is 12.8 Å². The first-order valence-electron chi connectivity index (χ1n) is 16.4. The van der Waals surface area contributed by atoms with Crippen LogP contribution in [0.3, 0.4) is 0 Å². The number of ether oxygens (including phenoxy) is 5. The fourth-order valence-corrected chi connectivity index (χ4v) is 7.25. The van der Waals surface area contributed by atoms with Crippen LogP contribution in [0.25, 0.3) is 0 Å². The smallest absolute Gasteiger partial charge is 0.332 e. The zero-order valence-corrected chi connectivity index (χ0v) is 26.3. The summed E-state index contributed by atoms with van der Waals surface area (Å²) >= 11 is 0. The van der Waals surface area contributed by atoms with Crippen molar-refractivity contribution in [2.45, 2.75) is 172 Å². The Morgan fingerprint density at radius 1 is 0.818 bits per heavy atom. The molecule has 44 heavy (non-hydrogen) atoms. The van der Waals surface area contributed by atoms with Crippen molar-refractivity contribution in [3.8, 4) is 0 Å². The highest BCUT2D eigenvalue weighted by molar-refractivity contribution is 5.73. The first kappa shape index (κ1) is 35.4. The predicted molar refractivity (Wildman–Crippen MR) is 155 cm³/mol. The van der Waals surface area contributed by atoms with Crippen LogP contribution in [0, 0.1) is 11.8 Å². The van der Waals surface area contributed by atoms with Gasteiger partial charge in [-0.1, -0.05) is 51.9 Å². The van der Waals surface area contributed by atoms with Crippen molar-refractivity contribution in [3.63, 3.8) is 0 Å². The van der Waals surface area contributed by atoms with Crippen LogP contribution >= 0.6 is 0 Å². The topological polar surface area (TPSA) is 193 Å². The third-order valence-corrected chi connectivity index (χ3v) is 9.88. The third kappa shape index (κ3) is 8.48. The lowest BCUT2D eigenvalue weighted by Gasteiger charge is -2.48. The Morgan fingerprint density at radius 3 is 2.11 bits per heavy atom. The molecule has 0 aromatic rings. The van der Waals surface area contributed by atoms with Crippen LogP contribution in [0.1, 0.15) is 91.9 Å². The van der Waals surface area contributed by atoms with E-state index in [4.69, 9.17) is 23.7 Å². The monoisotopic (exact) mass is 631 g/mol. The van der Waals surface area contributed by atoms with E-state index >= 15 is 0 Å². The number of aliphatic hydroxyl groups excluding tert-OH is 4. The Balaban J connectivity index is 1.55. The molecule has 0 aromatic heterocycles. The summed E-state index contributed by atoms with van der Waals surface area (Å²) in [5.41, 5.74) is 0. The number of hydrogen-bond acceptors (Lipinski definition) is 11. The lowest BCUT2D eigenvalue weighted by atomic mass is 9.82. The maximum atomic E-state index is 12.4. The van der Waals surface area contributed by atoms with Crippen molar-refractivity contribution in [3.05, 3.63) is 0 Å². The standard InChI is InChI=1S/C31H53NO12/c1-5-19-12-9-13-20(27(19)44-31-26(37)25(36)23(34)15(2)41-31)43-30-22(32-17(4)33)28(24(35)16(3)40-30)42-21(29(38)39)14-18-10-7-6-8-11-18/h15-16,18-28,30-31,34-37H,5-14H2,1-4H3,(H,32,33)(H,38,39)/t15-,16-,19?,20+,21-,22?,23-,24+,25?,26-,27+,28?,30-,31?/m0/s1. The molecule has 14 atom stereocenters. The molecule has 13 nitrogen and oxygen atoms in total. The molecule has 1 amide bonds. The molecule has 2 heterocycles. The van der Waals surface area contributed by atoms with Crippen molar-refractivity contribution in [2.75, 3.05) is 0 Å². The van der Waals surface area contributed by atoms with Gasteiger partial charge in [-0.05, 0) is 44.9 Å². The van der Waals surface area contributed by atoms with Crippen molar-refractivity contribution in [1.82, 2.24) is 5.32 Å². The van der Waals surface area contributed by atoms with E-state index in [2.05, 4.69) is 5.32 Å². The average molecular weight is 632 g/mol. The molecule has 2 saturated heterocycles. The molecule has 4 rings (SSSR count). The molecule has 4 aliphatic rings. The fourth-order valence-electron chi connectivity index (χ4n) is 7.25. The first-order chi connectivity index (χ1) is 20.9. The SMILES string of the molecule is CCC1CCC[C@@H](O[C@@H]2O[C@@H](C)[C@@H](O)C(O[C@@H](CC3CCCCC3)C(=O)O)C2NC(C)=O)[C@@H]1OC1O[C@@H](C)[C@H](O)C(O)[C@@H]1O. The lowest BCUT2D eigenvalue weighted by molar-refractivity contribution is -0.335. The van der Waals surface area contributed by atoms with E-state index in [1.54, 1.807) is 13.8 Å². The van der Waals surface area contributed by atoms with Gasteiger partial charge in [-0.2, -0.15) is 0 Å². The van der Waals surface area contributed by atoms with Gasteiger partial charge >= 0.3 is 5.97 Å². The van der Waals surface area contributed by atoms with Crippen LogP contribution < -0.4 is 5.32 Å². The van der Waals surface area contributed by atoms with Crippen molar-refractivity contribution in [1.29, 1.82) is 0 Å². The Bertz CT molecular complexity index is 933. The molecule has 13 heteroatoms. The van der Waals surface area contributed by atoms with Crippen LogP contribution in [0.5, 0.6) is 0 Å². The molecule has 5 unspecified atom stereocenters. The third-order valence-electron chi connectivity index (χ3n) is 9.88. The number of nitrogens with one attached hydrogen (secondary N) is 1.